The molecule has 1 saturated heterocycles. The molecular weight excluding hydrogens is 226 g/mol. The van der Waals surface area contributed by atoms with Gasteiger partial charge in [0, 0.05) is 12.1 Å². The zero-order valence-electron chi connectivity index (χ0n) is 10.8. The molecule has 2 aromatic rings. The first-order valence-electron chi connectivity index (χ1n) is 6.75. The van der Waals surface area contributed by atoms with Crippen LogP contribution in [0.4, 0.5) is 0 Å². The van der Waals surface area contributed by atoms with E-state index in [9.17, 15) is 0 Å². The lowest BCUT2D eigenvalue weighted by Gasteiger charge is -2.21. The van der Waals surface area contributed by atoms with E-state index in [2.05, 4.69) is 15.3 Å². The van der Waals surface area contributed by atoms with Crippen LogP contribution in [0.25, 0.3) is 11.2 Å². The summed E-state index contributed by atoms with van der Waals surface area (Å²) in [7, 11) is 0. The first-order chi connectivity index (χ1) is 8.81. The van der Waals surface area contributed by atoms with Gasteiger partial charge < -0.3 is 9.73 Å². The summed E-state index contributed by atoms with van der Waals surface area (Å²) < 4.78 is 5.72. The van der Waals surface area contributed by atoms with Crippen LogP contribution in [0.2, 0.25) is 0 Å². The molecule has 0 saturated carbocycles. The van der Waals surface area contributed by atoms with Gasteiger partial charge in [-0.2, -0.15) is 4.98 Å². The summed E-state index contributed by atoms with van der Waals surface area (Å²) in [6, 6.07) is 3.92. The third kappa shape index (κ3) is 2.53. The molecule has 3 heterocycles. The number of fused-ring (bicyclic) bond motifs is 1. The molecular formula is C14H19N3O. The maximum Gasteiger partial charge on any atom is 0.199 e. The van der Waals surface area contributed by atoms with E-state index in [1.54, 1.807) is 0 Å². The molecule has 0 spiro atoms. The minimum atomic E-state index is 0.746. The number of pyridine rings is 1. The topological polar surface area (TPSA) is 51.0 Å². The Morgan fingerprint density at radius 3 is 2.94 bits per heavy atom. The fourth-order valence-corrected chi connectivity index (χ4v) is 2.56. The van der Waals surface area contributed by atoms with Crippen LogP contribution in [-0.2, 0) is 6.42 Å². The van der Waals surface area contributed by atoms with Crippen molar-refractivity contribution in [3.05, 3.63) is 23.7 Å². The van der Waals surface area contributed by atoms with Crippen molar-refractivity contribution in [1.82, 2.24) is 15.3 Å². The van der Waals surface area contributed by atoms with E-state index in [0.717, 1.165) is 48.2 Å². The van der Waals surface area contributed by atoms with Crippen LogP contribution in [-0.4, -0.2) is 23.1 Å². The van der Waals surface area contributed by atoms with Crippen molar-refractivity contribution in [1.29, 1.82) is 0 Å². The van der Waals surface area contributed by atoms with E-state index in [0.29, 0.717) is 0 Å². The molecule has 0 aromatic carbocycles. The molecule has 0 radical (unpaired) electrons. The van der Waals surface area contributed by atoms with Crippen molar-refractivity contribution in [2.45, 2.75) is 32.6 Å². The molecule has 96 valence electrons. The van der Waals surface area contributed by atoms with Crippen LogP contribution in [0.5, 0.6) is 0 Å². The van der Waals surface area contributed by atoms with Crippen LogP contribution in [0, 0.1) is 12.8 Å². The standard InChI is InChI=1S/C14H19N3O/c1-10-2-4-12-14(16-10)17-13(18-12)5-3-11-6-8-15-9-7-11/h2,4,11,15H,3,5-9H2,1H3. The van der Waals surface area contributed by atoms with Crippen LogP contribution in [0.3, 0.4) is 0 Å². The van der Waals surface area contributed by atoms with Gasteiger partial charge in [-0.1, -0.05) is 0 Å². The Hall–Kier alpha value is -1.42. The summed E-state index contributed by atoms with van der Waals surface area (Å²) in [4.78, 5) is 8.84. The highest BCUT2D eigenvalue weighted by molar-refractivity contribution is 5.67. The van der Waals surface area contributed by atoms with Crippen molar-refractivity contribution in [3.63, 3.8) is 0 Å². The number of aryl methyl sites for hydroxylation is 2. The number of aromatic nitrogens is 2. The van der Waals surface area contributed by atoms with Crippen molar-refractivity contribution >= 4 is 11.2 Å². The second-order valence-electron chi connectivity index (χ2n) is 5.11. The molecule has 2 aromatic heterocycles. The Morgan fingerprint density at radius 1 is 1.28 bits per heavy atom. The van der Waals surface area contributed by atoms with Crippen molar-refractivity contribution in [2.24, 2.45) is 5.92 Å². The summed E-state index contributed by atoms with van der Waals surface area (Å²) in [6.45, 7) is 4.28. The van der Waals surface area contributed by atoms with E-state index in [1.165, 1.54) is 19.3 Å². The first kappa shape index (κ1) is 11.7. The number of rotatable bonds is 3. The minimum absolute atomic E-state index is 0.746. The molecule has 0 amide bonds. The molecule has 1 aliphatic rings. The van der Waals surface area contributed by atoms with E-state index in [1.807, 2.05) is 19.1 Å². The van der Waals surface area contributed by atoms with Gasteiger partial charge in [-0.15, -0.1) is 0 Å². The molecule has 4 nitrogen and oxygen atoms in total. The molecule has 1 aliphatic heterocycles. The van der Waals surface area contributed by atoms with Gasteiger partial charge in [0.05, 0.1) is 0 Å². The van der Waals surface area contributed by atoms with Crippen LogP contribution in [0.1, 0.15) is 30.8 Å². The van der Waals surface area contributed by atoms with Gasteiger partial charge in [-0.25, -0.2) is 4.98 Å². The zero-order valence-corrected chi connectivity index (χ0v) is 10.8. The summed E-state index contributed by atoms with van der Waals surface area (Å²) >= 11 is 0. The van der Waals surface area contributed by atoms with Gasteiger partial charge in [0.25, 0.3) is 0 Å². The Kier molecular flexibility index (Phi) is 3.28. The Balaban J connectivity index is 1.67. The SMILES string of the molecule is Cc1ccc2oc(CCC3CCNCC3)nc2n1. The summed E-state index contributed by atoms with van der Waals surface area (Å²) in [5, 5.41) is 3.39. The smallest absolute Gasteiger partial charge is 0.199 e. The van der Waals surface area contributed by atoms with Gasteiger partial charge in [0.15, 0.2) is 17.1 Å². The average Bonchev–Trinajstić information content (AvgIpc) is 2.79. The Bertz CT molecular complexity index is 529. The second kappa shape index (κ2) is 5.06. The number of piperidine rings is 1. The van der Waals surface area contributed by atoms with Crippen LogP contribution < -0.4 is 5.32 Å². The van der Waals surface area contributed by atoms with E-state index >= 15 is 0 Å². The Labute approximate surface area is 107 Å². The molecule has 3 rings (SSSR count). The van der Waals surface area contributed by atoms with E-state index in [4.69, 9.17) is 4.42 Å². The third-order valence-electron chi connectivity index (χ3n) is 3.66. The first-order valence-corrected chi connectivity index (χ1v) is 6.75. The molecule has 18 heavy (non-hydrogen) atoms. The monoisotopic (exact) mass is 245 g/mol. The quantitative estimate of drug-likeness (QED) is 0.902. The van der Waals surface area contributed by atoms with Crippen molar-refractivity contribution < 1.29 is 4.42 Å². The maximum atomic E-state index is 5.72. The van der Waals surface area contributed by atoms with Crippen molar-refractivity contribution in [2.75, 3.05) is 13.1 Å². The lowest BCUT2D eigenvalue weighted by molar-refractivity contribution is 0.343. The molecule has 0 aliphatic carbocycles. The molecule has 1 fully saturated rings. The largest absolute Gasteiger partial charge is 0.439 e. The number of hydrogen-bond acceptors (Lipinski definition) is 4. The third-order valence-corrected chi connectivity index (χ3v) is 3.66. The minimum Gasteiger partial charge on any atom is -0.439 e. The number of nitrogens with one attached hydrogen (secondary N) is 1. The second-order valence-corrected chi connectivity index (χ2v) is 5.11. The Morgan fingerprint density at radius 2 is 2.11 bits per heavy atom. The molecule has 0 bridgehead atoms. The number of hydrogen-bond donors (Lipinski definition) is 1. The maximum absolute atomic E-state index is 5.72. The predicted molar refractivity (Wildman–Crippen MR) is 70.5 cm³/mol. The fraction of sp³-hybridized carbons (Fsp3) is 0.571. The zero-order chi connectivity index (χ0) is 12.4. The summed E-state index contributed by atoms with van der Waals surface area (Å²) in [5.41, 5.74) is 2.54. The highest BCUT2D eigenvalue weighted by Gasteiger charge is 2.14. The lowest BCUT2D eigenvalue weighted by Crippen LogP contribution is -2.27. The van der Waals surface area contributed by atoms with Gasteiger partial charge in [0.2, 0.25) is 0 Å². The predicted octanol–water partition coefficient (Wildman–Crippen LogP) is 2.46. The summed E-state index contributed by atoms with van der Waals surface area (Å²) in [6.07, 6.45) is 4.66. The summed E-state index contributed by atoms with van der Waals surface area (Å²) in [5.74, 6) is 1.65. The highest BCUT2D eigenvalue weighted by atomic mass is 16.3. The molecule has 0 unspecified atom stereocenters. The average molecular weight is 245 g/mol. The number of oxazole rings is 1. The van der Waals surface area contributed by atoms with Crippen LogP contribution in [0.15, 0.2) is 16.5 Å². The van der Waals surface area contributed by atoms with Gasteiger partial charge >= 0.3 is 0 Å². The van der Waals surface area contributed by atoms with Crippen LogP contribution >= 0.6 is 0 Å². The number of nitrogens with zero attached hydrogens (tertiary/aromatic N) is 2. The van der Waals surface area contributed by atoms with Crippen molar-refractivity contribution in [3.8, 4) is 0 Å². The lowest BCUT2D eigenvalue weighted by atomic mass is 9.93. The normalized spacial score (nSPS) is 17.4. The molecule has 1 N–H and O–H groups in total. The highest BCUT2D eigenvalue weighted by Crippen LogP contribution is 2.20. The molecule has 4 heteroatoms. The van der Waals surface area contributed by atoms with E-state index in [-0.39, 0.29) is 0 Å². The van der Waals surface area contributed by atoms with Gasteiger partial charge in [-0.05, 0) is 57.3 Å². The molecule has 0 atom stereocenters. The van der Waals surface area contributed by atoms with Gasteiger partial charge in [-0.3, -0.25) is 0 Å². The van der Waals surface area contributed by atoms with Gasteiger partial charge in [0.1, 0.15) is 0 Å². The fourth-order valence-electron chi connectivity index (χ4n) is 2.56. The van der Waals surface area contributed by atoms with E-state index < -0.39 is 0 Å².